The molecule has 1 aliphatic carbocycles. The van der Waals surface area contributed by atoms with Crippen LogP contribution in [0.1, 0.15) is 37.3 Å². The Bertz CT molecular complexity index is 1190. The number of sulfonamides is 1. The fraction of sp³-hybridized carbons (Fsp3) is 0.458. The number of piperazine rings is 1. The summed E-state index contributed by atoms with van der Waals surface area (Å²) in [6.45, 7) is 3.40. The van der Waals surface area contributed by atoms with Gasteiger partial charge in [0, 0.05) is 56.9 Å². The molecule has 0 aromatic heterocycles. The molecule has 2 fully saturated rings. The summed E-state index contributed by atoms with van der Waals surface area (Å²) in [6, 6.07) is 7.82. The third-order valence-electron chi connectivity index (χ3n) is 6.70. The average molecular weight is 514 g/mol. The second-order valence-electron chi connectivity index (χ2n) is 8.93. The van der Waals surface area contributed by atoms with Crippen LogP contribution in [0.15, 0.2) is 47.4 Å². The molecule has 0 N–H and O–H groups in total. The lowest BCUT2D eigenvalue weighted by molar-refractivity contribution is -0.137. The van der Waals surface area contributed by atoms with Crippen LogP contribution in [0.25, 0.3) is 0 Å². The minimum atomic E-state index is -4.68. The van der Waals surface area contributed by atoms with Crippen LogP contribution in [0.3, 0.4) is 0 Å². The maximum Gasteiger partial charge on any atom is 0.416 e. The van der Waals surface area contributed by atoms with Crippen LogP contribution in [0, 0.1) is 5.82 Å². The second kappa shape index (κ2) is 9.77. The number of rotatable bonds is 6. The topological polar surface area (TPSA) is 60.9 Å². The van der Waals surface area contributed by atoms with E-state index >= 15 is 4.39 Å². The molecule has 1 amide bonds. The normalized spacial score (nSPS) is 17.5. The van der Waals surface area contributed by atoms with Gasteiger partial charge in [0.05, 0.1) is 10.5 Å². The van der Waals surface area contributed by atoms with Gasteiger partial charge in [-0.1, -0.05) is 18.6 Å². The summed E-state index contributed by atoms with van der Waals surface area (Å²) in [5, 5.41) is 0. The van der Waals surface area contributed by atoms with Gasteiger partial charge in [-0.2, -0.15) is 17.5 Å². The Labute approximate surface area is 202 Å². The zero-order valence-corrected chi connectivity index (χ0v) is 20.1. The van der Waals surface area contributed by atoms with Crippen molar-refractivity contribution < 1.29 is 30.8 Å². The standard InChI is InChI=1S/C24H27F4N3O3S/c1-17(32)29-10-12-30(13-11-29)21-9-8-18(23(25)15-21)16-31(20-5-3-6-20)35(33,34)22-7-2-4-19(14-22)24(26,27)28/h2,4,7-9,14-15,20H,3,5-6,10-13,16H2,1H3. The highest BCUT2D eigenvalue weighted by molar-refractivity contribution is 7.89. The summed E-state index contributed by atoms with van der Waals surface area (Å²) in [5.41, 5.74) is -0.267. The first kappa shape index (κ1) is 25.4. The predicted octanol–water partition coefficient (Wildman–Crippen LogP) is 4.26. The number of alkyl halides is 3. The molecule has 190 valence electrons. The highest BCUT2D eigenvalue weighted by Gasteiger charge is 2.37. The first-order valence-electron chi connectivity index (χ1n) is 11.4. The fourth-order valence-corrected chi connectivity index (χ4v) is 6.07. The van der Waals surface area contributed by atoms with Gasteiger partial charge in [0.2, 0.25) is 15.9 Å². The van der Waals surface area contributed by atoms with Gasteiger partial charge >= 0.3 is 6.18 Å². The highest BCUT2D eigenvalue weighted by Crippen LogP contribution is 2.35. The number of carbonyl (C=O) groups excluding carboxylic acids is 1. The first-order valence-corrected chi connectivity index (χ1v) is 12.9. The van der Waals surface area contributed by atoms with Crippen LogP contribution in [-0.4, -0.2) is 55.8 Å². The molecule has 1 saturated carbocycles. The summed E-state index contributed by atoms with van der Waals surface area (Å²) >= 11 is 0. The number of nitrogens with zero attached hydrogens (tertiary/aromatic N) is 3. The van der Waals surface area contributed by atoms with Gasteiger partial charge in [-0.3, -0.25) is 4.79 Å². The SMILES string of the molecule is CC(=O)N1CCN(c2ccc(CN(C3CCC3)S(=O)(=O)c3cccc(C(F)(F)F)c3)c(F)c2)CC1. The second-order valence-corrected chi connectivity index (χ2v) is 10.8. The monoisotopic (exact) mass is 513 g/mol. The number of benzene rings is 2. The summed E-state index contributed by atoms with van der Waals surface area (Å²) in [7, 11) is -4.28. The van der Waals surface area contributed by atoms with Crippen molar-refractivity contribution >= 4 is 21.6 Å². The Morgan fingerprint density at radius 1 is 1.06 bits per heavy atom. The number of halogens is 4. The lowest BCUT2D eigenvalue weighted by Gasteiger charge is -2.37. The molecule has 1 heterocycles. The van der Waals surface area contributed by atoms with Gasteiger partial charge in [-0.25, -0.2) is 12.8 Å². The van der Waals surface area contributed by atoms with Crippen LogP contribution >= 0.6 is 0 Å². The van der Waals surface area contributed by atoms with E-state index in [4.69, 9.17) is 0 Å². The molecule has 0 spiro atoms. The summed E-state index contributed by atoms with van der Waals surface area (Å²) in [5.74, 6) is -0.593. The van der Waals surface area contributed by atoms with Crippen LogP contribution in [-0.2, 0) is 27.5 Å². The molecule has 0 atom stereocenters. The zero-order valence-electron chi connectivity index (χ0n) is 19.3. The van der Waals surface area contributed by atoms with E-state index in [9.17, 15) is 26.4 Å². The highest BCUT2D eigenvalue weighted by atomic mass is 32.2. The Balaban J connectivity index is 1.56. The van der Waals surface area contributed by atoms with Crippen LogP contribution < -0.4 is 4.90 Å². The Morgan fingerprint density at radius 3 is 2.29 bits per heavy atom. The van der Waals surface area contributed by atoms with Gasteiger partial charge in [0.25, 0.3) is 0 Å². The number of carbonyl (C=O) groups is 1. The van der Waals surface area contributed by atoms with Gasteiger partial charge in [0.1, 0.15) is 5.82 Å². The summed E-state index contributed by atoms with van der Waals surface area (Å²) < 4.78 is 82.4. The van der Waals surface area contributed by atoms with Crippen molar-refractivity contribution in [3.05, 3.63) is 59.4 Å². The van der Waals surface area contributed by atoms with Gasteiger partial charge in [0.15, 0.2) is 0 Å². The van der Waals surface area contributed by atoms with E-state index in [0.29, 0.717) is 50.8 Å². The fourth-order valence-electron chi connectivity index (χ4n) is 4.36. The van der Waals surface area contributed by atoms with E-state index < -0.39 is 38.5 Å². The summed E-state index contributed by atoms with van der Waals surface area (Å²) in [6.07, 6.45) is -2.74. The molecule has 35 heavy (non-hydrogen) atoms. The molecule has 6 nitrogen and oxygen atoms in total. The van der Waals surface area contributed by atoms with E-state index in [1.807, 2.05) is 4.90 Å². The van der Waals surface area contributed by atoms with Crippen LogP contribution in [0.4, 0.5) is 23.2 Å². The Hall–Kier alpha value is -2.66. The van der Waals surface area contributed by atoms with E-state index in [-0.39, 0.29) is 18.0 Å². The minimum Gasteiger partial charge on any atom is -0.368 e. The summed E-state index contributed by atoms with van der Waals surface area (Å²) in [4.78, 5) is 14.7. The van der Waals surface area contributed by atoms with Gasteiger partial charge in [-0.15, -0.1) is 0 Å². The molecule has 11 heteroatoms. The molecule has 4 rings (SSSR count). The van der Waals surface area contributed by atoms with Crippen molar-refractivity contribution in [2.75, 3.05) is 31.1 Å². The third kappa shape index (κ3) is 5.45. The van der Waals surface area contributed by atoms with Crippen molar-refractivity contribution in [2.24, 2.45) is 0 Å². The van der Waals surface area contributed by atoms with Crippen molar-refractivity contribution in [1.29, 1.82) is 0 Å². The predicted molar refractivity (Wildman–Crippen MR) is 123 cm³/mol. The van der Waals surface area contributed by atoms with Gasteiger partial charge in [-0.05, 0) is 43.2 Å². The molecule has 0 radical (unpaired) electrons. The van der Waals surface area contributed by atoms with E-state index in [1.165, 1.54) is 19.1 Å². The Kier molecular flexibility index (Phi) is 7.10. The largest absolute Gasteiger partial charge is 0.416 e. The Morgan fingerprint density at radius 2 is 1.74 bits per heavy atom. The molecular weight excluding hydrogens is 486 g/mol. The molecule has 2 aromatic carbocycles. The number of anilines is 1. The van der Waals surface area contributed by atoms with Crippen molar-refractivity contribution in [3.63, 3.8) is 0 Å². The molecular formula is C24H27F4N3O3S. The van der Waals surface area contributed by atoms with E-state index in [0.717, 1.165) is 28.9 Å². The van der Waals surface area contributed by atoms with Gasteiger partial charge < -0.3 is 9.80 Å². The van der Waals surface area contributed by atoms with E-state index in [2.05, 4.69) is 0 Å². The van der Waals surface area contributed by atoms with Crippen molar-refractivity contribution in [2.45, 2.75) is 49.8 Å². The molecule has 1 saturated heterocycles. The van der Waals surface area contributed by atoms with Crippen LogP contribution in [0.5, 0.6) is 0 Å². The molecule has 0 unspecified atom stereocenters. The number of hydrogen-bond donors (Lipinski definition) is 0. The minimum absolute atomic E-state index is 0.00996. The lowest BCUT2D eigenvalue weighted by Crippen LogP contribution is -2.48. The number of amides is 1. The zero-order chi connectivity index (χ0) is 25.4. The smallest absolute Gasteiger partial charge is 0.368 e. The van der Waals surface area contributed by atoms with Crippen LogP contribution in [0.2, 0.25) is 0 Å². The quantitative estimate of drug-likeness (QED) is 0.542. The maximum atomic E-state index is 15.1. The average Bonchev–Trinajstić information content (AvgIpc) is 2.78. The maximum absolute atomic E-state index is 15.1. The first-order chi connectivity index (χ1) is 16.5. The molecule has 2 aliphatic rings. The molecule has 2 aromatic rings. The van der Waals surface area contributed by atoms with Crippen molar-refractivity contribution in [3.8, 4) is 0 Å². The van der Waals surface area contributed by atoms with Crippen molar-refractivity contribution in [1.82, 2.24) is 9.21 Å². The third-order valence-corrected chi connectivity index (χ3v) is 8.60. The lowest BCUT2D eigenvalue weighted by atomic mass is 9.93. The number of hydrogen-bond acceptors (Lipinski definition) is 4. The van der Waals surface area contributed by atoms with E-state index in [1.54, 1.807) is 11.0 Å². The molecule has 0 bridgehead atoms. The molecule has 1 aliphatic heterocycles.